The van der Waals surface area contributed by atoms with Crippen LogP contribution in [0.2, 0.25) is 0 Å². The maximum absolute atomic E-state index is 12.3. The van der Waals surface area contributed by atoms with Crippen LogP contribution in [0.3, 0.4) is 0 Å². The fraction of sp³-hybridized carbons (Fsp3) is 0.846. The third-order valence-corrected chi connectivity index (χ3v) is 3.90. The lowest BCUT2D eigenvalue weighted by Gasteiger charge is -2.34. The molecule has 1 unspecified atom stereocenters. The SMILES string of the molecule is O=C1C2CCCCN2C(=O)CCN1CCCC(F)(F)F. The summed E-state index contributed by atoms with van der Waals surface area (Å²) in [4.78, 5) is 27.3. The molecule has 2 amide bonds. The van der Waals surface area contributed by atoms with Crippen LogP contribution in [0.5, 0.6) is 0 Å². The Morgan fingerprint density at radius 1 is 1.15 bits per heavy atom. The summed E-state index contributed by atoms with van der Waals surface area (Å²) < 4.78 is 36.5. The summed E-state index contributed by atoms with van der Waals surface area (Å²) in [6.07, 6.45) is -2.56. The summed E-state index contributed by atoms with van der Waals surface area (Å²) >= 11 is 0. The second-order valence-corrected chi connectivity index (χ2v) is 5.39. The number of amides is 2. The van der Waals surface area contributed by atoms with Gasteiger partial charge >= 0.3 is 6.18 Å². The summed E-state index contributed by atoms with van der Waals surface area (Å²) in [5.41, 5.74) is 0. The molecule has 2 aliphatic rings. The summed E-state index contributed by atoms with van der Waals surface area (Å²) in [6, 6.07) is -0.454. The van der Waals surface area contributed by atoms with Crippen LogP contribution < -0.4 is 0 Å². The predicted octanol–water partition coefficient (Wildman–Crippen LogP) is 1.94. The number of nitrogens with zero attached hydrogens (tertiary/aromatic N) is 2. The van der Waals surface area contributed by atoms with Crippen molar-refractivity contribution in [2.75, 3.05) is 19.6 Å². The lowest BCUT2D eigenvalue weighted by Crippen LogP contribution is -2.49. The van der Waals surface area contributed by atoms with E-state index in [-0.39, 0.29) is 37.7 Å². The van der Waals surface area contributed by atoms with Crippen LogP contribution in [0.15, 0.2) is 0 Å². The molecular weight excluding hydrogens is 273 g/mol. The zero-order valence-electron chi connectivity index (χ0n) is 11.3. The van der Waals surface area contributed by atoms with E-state index in [0.29, 0.717) is 13.0 Å². The van der Waals surface area contributed by atoms with E-state index in [0.717, 1.165) is 12.8 Å². The molecule has 2 saturated heterocycles. The first-order chi connectivity index (χ1) is 9.38. The van der Waals surface area contributed by atoms with Gasteiger partial charge in [-0.2, -0.15) is 13.2 Å². The second kappa shape index (κ2) is 6.01. The number of hydrogen-bond donors (Lipinski definition) is 0. The molecule has 0 aliphatic carbocycles. The van der Waals surface area contributed by atoms with E-state index in [4.69, 9.17) is 0 Å². The van der Waals surface area contributed by atoms with Crippen LogP contribution in [0.1, 0.15) is 38.5 Å². The Labute approximate surface area is 115 Å². The second-order valence-electron chi connectivity index (χ2n) is 5.39. The molecular formula is C13H19F3N2O2. The van der Waals surface area contributed by atoms with Gasteiger partial charge in [0.1, 0.15) is 6.04 Å². The monoisotopic (exact) mass is 292 g/mol. The molecule has 0 bridgehead atoms. The summed E-state index contributed by atoms with van der Waals surface area (Å²) in [7, 11) is 0. The average molecular weight is 292 g/mol. The summed E-state index contributed by atoms with van der Waals surface area (Å²) in [5.74, 6) is -0.237. The standard InChI is InChI=1S/C13H19F3N2O2/c14-13(15,16)6-3-7-17-9-5-11(19)18-8-2-1-4-10(18)12(17)20/h10H,1-9H2. The number of fused-ring (bicyclic) bond motifs is 1. The molecule has 2 fully saturated rings. The van der Waals surface area contributed by atoms with Gasteiger partial charge in [0.25, 0.3) is 0 Å². The van der Waals surface area contributed by atoms with Crippen molar-refractivity contribution in [2.24, 2.45) is 0 Å². The number of piperidine rings is 1. The molecule has 4 nitrogen and oxygen atoms in total. The van der Waals surface area contributed by atoms with Gasteiger partial charge in [0.2, 0.25) is 11.8 Å². The number of carbonyl (C=O) groups excluding carboxylic acids is 2. The lowest BCUT2D eigenvalue weighted by atomic mass is 10.0. The summed E-state index contributed by atoms with van der Waals surface area (Å²) in [5, 5.41) is 0. The molecule has 0 aromatic rings. The molecule has 2 rings (SSSR count). The molecule has 2 aliphatic heterocycles. The highest BCUT2D eigenvalue weighted by molar-refractivity contribution is 5.90. The molecule has 0 aromatic carbocycles. The molecule has 1 atom stereocenters. The largest absolute Gasteiger partial charge is 0.389 e. The van der Waals surface area contributed by atoms with E-state index in [2.05, 4.69) is 0 Å². The Morgan fingerprint density at radius 2 is 1.90 bits per heavy atom. The normalized spacial score (nSPS) is 24.6. The molecule has 0 aromatic heterocycles. The van der Waals surface area contributed by atoms with Crippen molar-refractivity contribution < 1.29 is 22.8 Å². The van der Waals surface area contributed by atoms with Gasteiger partial charge < -0.3 is 9.80 Å². The van der Waals surface area contributed by atoms with Crippen LogP contribution in [0.25, 0.3) is 0 Å². The number of halogens is 3. The molecule has 20 heavy (non-hydrogen) atoms. The van der Waals surface area contributed by atoms with Gasteiger partial charge in [-0.05, 0) is 25.7 Å². The van der Waals surface area contributed by atoms with Gasteiger partial charge in [-0.3, -0.25) is 9.59 Å². The third kappa shape index (κ3) is 3.64. The first-order valence-electron chi connectivity index (χ1n) is 7.03. The van der Waals surface area contributed by atoms with Crippen molar-refractivity contribution in [1.29, 1.82) is 0 Å². The van der Waals surface area contributed by atoms with Gasteiger partial charge in [0.15, 0.2) is 0 Å². The Morgan fingerprint density at radius 3 is 2.60 bits per heavy atom. The minimum Gasteiger partial charge on any atom is -0.340 e. The van der Waals surface area contributed by atoms with Crippen LogP contribution in [-0.2, 0) is 9.59 Å². The molecule has 0 N–H and O–H groups in total. The van der Waals surface area contributed by atoms with Crippen molar-refractivity contribution in [1.82, 2.24) is 9.80 Å². The Hall–Kier alpha value is -1.27. The van der Waals surface area contributed by atoms with Gasteiger partial charge in [-0.15, -0.1) is 0 Å². The van der Waals surface area contributed by atoms with E-state index in [1.165, 1.54) is 4.90 Å². The molecule has 0 spiro atoms. The van der Waals surface area contributed by atoms with E-state index in [9.17, 15) is 22.8 Å². The smallest absolute Gasteiger partial charge is 0.340 e. The molecule has 114 valence electrons. The van der Waals surface area contributed by atoms with E-state index in [1.807, 2.05) is 0 Å². The van der Waals surface area contributed by atoms with E-state index in [1.54, 1.807) is 4.90 Å². The first kappa shape index (κ1) is 15.1. The van der Waals surface area contributed by atoms with Crippen molar-refractivity contribution in [3.05, 3.63) is 0 Å². The molecule has 0 saturated carbocycles. The highest BCUT2D eigenvalue weighted by atomic mass is 19.4. The highest BCUT2D eigenvalue weighted by Gasteiger charge is 2.37. The fourth-order valence-corrected chi connectivity index (χ4v) is 2.87. The van der Waals surface area contributed by atoms with Gasteiger partial charge in [0, 0.05) is 32.5 Å². The summed E-state index contributed by atoms with van der Waals surface area (Å²) in [6.45, 7) is 0.907. The van der Waals surface area contributed by atoms with Gasteiger partial charge in [0.05, 0.1) is 0 Å². The number of alkyl halides is 3. The topological polar surface area (TPSA) is 40.6 Å². The minimum atomic E-state index is -4.19. The minimum absolute atomic E-state index is 0.0543. The molecule has 7 heteroatoms. The maximum Gasteiger partial charge on any atom is 0.389 e. The number of carbonyl (C=O) groups is 2. The van der Waals surface area contributed by atoms with Crippen LogP contribution in [-0.4, -0.2) is 53.5 Å². The van der Waals surface area contributed by atoms with E-state index < -0.39 is 18.6 Å². The van der Waals surface area contributed by atoms with E-state index >= 15 is 0 Å². The predicted molar refractivity (Wildman–Crippen MR) is 65.8 cm³/mol. The van der Waals surface area contributed by atoms with Crippen molar-refractivity contribution in [3.63, 3.8) is 0 Å². The van der Waals surface area contributed by atoms with Gasteiger partial charge in [-0.25, -0.2) is 0 Å². The first-order valence-corrected chi connectivity index (χ1v) is 7.03. The Kier molecular flexibility index (Phi) is 4.55. The fourth-order valence-electron chi connectivity index (χ4n) is 2.87. The third-order valence-electron chi connectivity index (χ3n) is 3.90. The van der Waals surface area contributed by atoms with Gasteiger partial charge in [-0.1, -0.05) is 0 Å². The Balaban J connectivity index is 1.96. The molecule has 2 heterocycles. The average Bonchev–Trinajstić information content (AvgIpc) is 2.50. The van der Waals surface area contributed by atoms with Crippen LogP contribution >= 0.6 is 0 Å². The van der Waals surface area contributed by atoms with Crippen molar-refractivity contribution >= 4 is 11.8 Å². The number of rotatable bonds is 3. The zero-order chi connectivity index (χ0) is 14.8. The quantitative estimate of drug-likeness (QED) is 0.797. The van der Waals surface area contributed by atoms with Crippen molar-refractivity contribution in [3.8, 4) is 0 Å². The number of hydrogen-bond acceptors (Lipinski definition) is 2. The van der Waals surface area contributed by atoms with Crippen LogP contribution in [0, 0.1) is 0 Å². The van der Waals surface area contributed by atoms with Crippen LogP contribution in [0.4, 0.5) is 13.2 Å². The maximum atomic E-state index is 12.3. The Bertz CT molecular complexity index is 384. The lowest BCUT2D eigenvalue weighted by molar-refractivity contribution is -0.145. The highest BCUT2D eigenvalue weighted by Crippen LogP contribution is 2.25. The van der Waals surface area contributed by atoms with Crippen molar-refractivity contribution in [2.45, 2.75) is 50.7 Å². The molecule has 0 radical (unpaired) electrons. The zero-order valence-corrected chi connectivity index (χ0v) is 11.3.